The highest BCUT2D eigenvalue weighted by Gasteiger charge is 2.32. The summed E-state index contributed by atoms with van der Waals surface area (Å²) in [6.07, 6.45) is 11.1. The summed E-state index contributed by atoms with van der Waals surface area (Å²) < 4.78 is 20.6. The second kappa shape index (κ2) is 19.8. The minimum absolute atomic E-state index is 0.698. The normalized spacial score (nSPS) is 11.3. The first-order valence-corrected chi connectivity index (χ1v) is 19.4. The van der Waals surface area contributed by atoms with E-state index in [1.165, 1.54) is 82.0 Å². The number of fused-ring (bicyclic) bond motifs is 3. The van der Waals surface area contributed by atoms with Gasteiger partial charge in [-0.15, -0.1) is 0 Å². The van der Waals surface area contributed by atoms with Crippen LogP contribution in [0.5, 0.6) is 17.2 Å². The molecular weight excluding hydrogens is 625 g/mol. The van der Waals surface area contributed by atoms with Crippen LogP contribution in [-0.4, -0.2) is 38.0 Å². The van der Waals surface area contributed by atoms with E-state index in [-0.39, 0.29) is 0 Å². The SMILES string of the molecule is CCCC[N+](CCCC)(CCCC)CCCC.c1ccc2c(OB(Oc3cccc4ccccc34)Oc3cccc4ccccc34)cccc2c1. The predicted octanol–water partition coefficient (Wildman–Crippen LogP) is 12.7. The lowest BCUT2D eigenvalue weighted by Gasteiger charge is -2.39. The Labute approximate surface area is 307 Å². The lowest BCUT2D eigenvalue weighted by Crippen LogP contribution is -2.50. The van der Waals surface area contributed by atoms with Gasteiger partial charge in [-0.1, -0.05) is 163 Å². The summed E-state index contributed by atoms with van der Waals surface area (Å²) >= 11 is 0. The zero-order chi connectivity index (χ0) is 35.7. The van der Waals surface area contributed by atoms with E-state index in [2.05, 4.69) is 64.1 Å². The Morgan fingerprint density at radius 2 is 0.647 bits per heavy atom. The molecule has 0 fully saturated rings. The second-order valence-electron chi connectivity index (χ2n) is 13.7. The molecule has 0 spiro atoms. The topological polar surface area (TPSA) is 27.7 Å². The zero-order valence-electron chi connectivity index (χ0n) is 31.4. The zero-order valence-corrected chi connectivity index (χ0v) is 31.4. The fraction of sp³-hybridized carbons (Fsp3) is 0.348. The fourth-order valence-electron chi connectivity index (χ4n) is 6.92. The average Bonchev–Trinajstić information content (AvgIpc) is 3.18. The molecule has 6 aromatic rings. The Morgan fingerprint density at radius 1 is 0.373 bits per heavy atom. The Bertz CT molecular complexity index is 1680. The van der Waals surface area contributed by atoms with Crippen molar-refractivity contribution in [3.63, 3.8) is 0 Å². The number of hydrogen-bond donors (Lipinski definition) is 0. The Hall–Kier alpha value is -4.48. The van der Waals surface area contributed by atoms with Gasteiger partial charge in [0.25, 0.3) is 0 Å². The molecule has 0 amide bonds. The van der Waals surface area contributed by atoms with Gasteiger partial charge in [0.2, 0.25) is 0 Å². The molecule has 0 heterocycles. The Kier molecular flexibility index (Phi) is 14.7. The van der Waals surface area contributed by atoms with Crippen LogP contribution in [0.3, 0.4) is 0 Å². The molecule has 0 radical (unpaired) electrons. The molecule has 0 aromatic heterocycles. The van der Waals surface area contributed by atoms with E-state index in [1.54, 1.807) is 0 Å². The van der Waals surface area contributed by atoms with Gasteiger partial charge in [0.1, 0.15) is 17.2 Å². The molecular formula is C46H57BNO3+. The summed E-state index contributed by atoms with van der Waals surface area (Å²) in [7, 11) is -0.998. The minimum atomic E-state index is -0.998. The van der Waals surface area contributed by atoms with Gasteiger partial charge in [-0.05, 0) is 60.0 Å². The molecule has 0 bridgehead atoms. The third-order valence-corrected chi connectivity index (χ3v) is 9.86. The first kappa shape index (κ1) is 37.8. The Morgan fingerprint density at radius 3 is 0.941 bits per heavy atom. The molecule has 4 nitrogen and oxygen atoms in total. The third kappa shape index (κ3) is 10.5. The van der Waals surface area contributed by atoms with Crippen molar-refractivity contribution in [1.82, 2.24) is 0 Å². The number of hydrogen-bond acceptors (Lipinski definition) is 3. The van der Waals surface area contributed by atoms with Crippen LogP contribution in [0.2, 0.25) is 0 Å². The molecule has 6 aromatic carbocycles. The third-order valence-electron chi connectivity index (χ3n) is 9.86. The molecule has 5 heteroatoms. The van der Waals surface area contributed by atoms with Crippen molar-refractivity contribution in [2.75, 3.05) is 26.2 Å². The maximum atomic E-state index is 6.39. The van der Waals surface area contributed by atoms with Gasteiger partial charge in [0, 0.05) is 16.2 Å². The van der Waals surface area contributed by atoms with Crippen LogP contribution in [-0.2, 0) is 0 Å². The molecule has 0 aliphatic heterocycles. The molecule has 266 valence electrons. The van der Waals surface area contributed by atoms with Gasteiger partial charge in [0.15, 0.2) is 0 Å². The lowest BCUT2D eigenvalue weighted by atomic mass is 10.1. The van der Waals surface area contributed by atoms with E-state index in [1.807, 2.05) is 91.0 Å². The monoisotopic (exact) mass is 682 g/mol. The highest BCUT2D eigenvalue weighted by Crippen LogP contribution is 2.31. The highest BCUT2D eigenvalue weighted by molar-refractivity contribution is 6.40. The van der Waals surface area contributed by atoms with Gasteiger partial charge in [-0.2, -0.15) is 0 Å². The van der Waals surface area contributed by atoms with Gasteiger partial charge in [-0.25, -0.2) is 0 Å². The summed E-state index contributed by atoms with van der Waals surface area (Å²) in [5.74, 6) is 2.09. The Balaban J connectivity index is 0.000000253. The smallest absolute Gasteiger partial charge is 0.489 e. The molecule has 0 aliphatic rings. The maximum Gasteiger partial charge on any atom is 0.864 e. The second-order valence-corrected chi connectivity index (χ2v) is 13.7. The van der Waals surface area contributed by atoms with Gasteiger partial charge < -0.3 is 18.4 Å². The van der Waals surface area contributed by atoms with Crippen LogP contribution in [0.4, 0.5) is 0 Å². The summed E-state index contributed by atoms with van der Waals surface area (Å²) in [6.45, 7) is 15.0. The largest absolute Gasteiger partial charge is 0.864 e. The molecule has 0 unspecified atom stereocenters. The van der Waals surface area contributed by atoms with Crippen LogP contribution in [0.15, 0.2) is 127 Å². The highest BCUT2D eigenvalue weighted by atomic mass is 16.7. The predicted molar refractivity (Wildman–Crippen MR) is 219 cm³/mol. The van der Waals surface area contributed by atoms with E-state index >= 15 is 0 Å². The number of nitrogens with zero attached hydrogens (tertiary/aromatic N) is 1. The van der Waals surface area contributed by atoms with E-state index < -0.39 is 7.32 Å². The standard InChI is InChI=1S/C30H21BO3.C16H36N/c1-4-16-25-22(10-1)13-7-19-28(25)32-31(33-29-20-8-14-23-11-2-5-17-26(23)29)34-30-21-9-15-24-12-3-6-18-27(24)30;1-5-9-13-17(14-10-6-2,15-11-7-3)16-12-8-4/h1-21H;5-16H2,1-4H3/q;+1. The van der Waals surface area contributed by atoms with Crippen molar-refractivity contribution in [2.24, 2.45) is 0 Å². The number of quaternary nitrogens is 1. The first-order valence-electron chi connectivity index (χ1n) is 19.4. The van der Waals surface area contributed by atoms with Crippen LogP contribution in [0, 0.1) is 0 Å². The number of unbranched alkanes of at least 4 members (excludes halogenated alkanes) is 4. The van der Waals surface area contributed by atoms with Crippen molar-refractivity contribution in [2.45, 2.75) is 79.1 Å². The van der Waals surface area contributed by atoms with Crippen molar-refractivity contribution in [3.05, 3.63) is 127 Å². The summed E-state index contributed by atoms with van der Waals surface area (Å²) in [6, 6.07) is 42.3. The molecule has 0 atom stereocenters. The fourth-order valence-corrected chi connectivity index (χ4v) is 6.92. The minimum Gasteiger partial charge on any atom is -0.489 e. The van der Waals surface area contributed by atoms with Crippen LogP contribution in [0.1, 0.15) is 79.1 Å². The molecule has 0 saturated carbocycles. The summed E-state index contributed by atoms with van der Waals surface area (Å²) in [5, 5.41) is 6.27. The van der Waals surface area contributed by atoms with E-state index in [4.69, 9.17) is 14.0 Å². The molecule has 0 N–H and O–H groups in total. The van der Waals surface area contributed by atoms with Crippen LogP contribution >= 0.6 is 0 Å². The average molecular weight is 683 g/mol. The van der Waals surface area contributed by atoms with Crippen LogP contribution < -0.4 is 14.0 Å². The molecule has 51 heavy (non-hydrogen) atoms. The van der Waals surface area contributed by atoms with Crippen molar-refractivity contribution < 1.29 is 18.4 Å². The molecule has 0 aliphatic carbocycles. The van der Waals surface area contributed by atoms with E-state index in [9.17, 15) is 0 Å². The number of rotatable bonds is 18. The van der Waals surface area contributed by atoms with Gasteiger partial charge in [0.05, 0.1) is 26.2 Å². The number of benzene rings is 6. The lowest BCUT2D eigenvalue weighted by molar-refractivity contribution is -0.929. The van der Waals surface area contributed by atoms with Gasteiger partial charge >= 0.3 is 7.32 Å². The molecule has 0 saturated heterocycles. The summed E-state index contributed by atoms with van der Waals surface area (Å²) in [5.41, 5.74) is 0. The first-order chi connectivity index (χ1) is 25.1. The van der Waals surface area contributed by atoms with Gasteiger partial charge in [-0.3, -0.25) is 0 Å². The quantitative estimate of drug-likeness (QED) is 0.0667. The van der Waals surface area contributed by atoms with Crippen molar-refractivity contribution in [3.8, 4) is 17.2 Å². The van der Waals surface area contributed by atoms with E-state index in [0.29, 0.717) is 17.2 Å². The van der Waals surface area contributed by atoms with E-state index in [0.717, 1.165) is 32.3 Å². The molecule has 6 rings (SSSR count). The summed E-state index contributed by atoms with van der Waals surface area (Å²) in [4.78, 5) is 0. The van der Waals surface area contributed by atoms with Crippen LogP contribution in [0.25, 0.3) is 32.3 Å². The van der Waals surface area contributed by atoms with Crippen molar-refractivity contribution >= 4 is 39.6 Å². The van der Waals surface area contributed by atoms with Crippen molar-refractivity contribution in [1.29, 1.82) is 0 Å². The maximum absolute atomic E-state index is 6.39.